The van der Waals surface area contributed by atoms with Gasteiger partial charge in [0.1, 0.15) is 5.75 Å². The van der Waals surface area contributed by atoms with Crippen LogP contribution in [0, 0.1) is 11.8 Å². The van der Waals surface area contributed by atoms with Crippen LogP contribution in [0.5, 0.6) is 5.75 Å². The fourth-order valence-corrected chi connectivity index (χ4v) is 8.83. The quantitative estimate of drug-likeness (QED) is 0.362. The number of phenols is 1. The zero-order chi connectivity index (χ0) is 32.4. The number of phenolic OH excluding ortho intramolecular Hbond substituents is 1. The van der Waals surface area contributed by atoms with Gasteiger partial charge in [-0.25, -0.2) is 0 Å². The van der Waals surface area contributed by atoms with Crippen LogP contribution < -0.4 is 0 Å². The second kappa shape index (κ2) is 11.4. The van der Waals surface area contributed by atoms with E-state index in [1.807, 2.05) is 0 Å². The molecule has 0 spiro atoms. The third-order valence-electron chi connectivity index (χ3n) is 11.6. The molecule has 241 valence electrons. The van der Waals surface area contributed by atoms with Crippen molar-refractivity contribution in [1.82, 2.24) is 9.80 Å². The Morgan fingerprint density at radius 1 is 0.762 bits per heavy atom. The zero-order valence-electron chi connectivity index (χ0n) is 31.0. The summed E-state index contributed by atoms with van der Waals surface area (Å²) in [6, 6.07) is 2.47. The fraction of sp³-hybridized carbons (Fsp3) is 0.821. The van der Waals surface area contributed by atoms with E-state index in [2.05, 4.69) is 134 Å². The van der Waals surface area contributed by atoms with Gasteiger partial charge in [-0.15, -0.1) is 0 Å². The molecule has 0 amide bonds. The lowest BCUT2D eigenvalue weighted by Gasteiger charge is -2.56. The Balaban J connectivity index is 2.44. The summed E-state index contributed by atoms with van der Waals surface area (Å²) in [4.78, 5) is 5.22. The maximum atomic E-state index is 12.3. The van der Waals surface area contributed by atoms with Crippen molar-refractivity contribution in [3.8, 4) is 5.75 Å². The van der Waals surface area contributed by atoms with Crippen molar-refractivity contribution in [2.24, 2.45) is 5.92 Å². The minimum atomic E-state index is -0.172. The highest BCUT2D eigenvalue weighted by molar-refractivity contribution is 5.60. The Hall–Kier alpha value is -1.06. The first-order valence-corrected chi connectivity index (χ1v) is 17.0. The number of likely N-dealkylation sites (tertiary alicyclic amines) is 2. The second-order valence-corrected chi connectivity index (χ2v) is 18.8. The summed E-state index contributed by atoms with van der Waals surface area (Å²) in [5.74, 6) is 3.11. The van der Waals surface area contributed by atoms with E-state index in [9.17, 15) is 5.11 Å². The van der Waals surface area contributed by atoms with Gasteiger partial charge in [0.25, 0.3) is 0 Å². The van der Waals surface area contributed by atoms with Crippen molar-refractivity contribution < 1.29 is 5.11 Å². The number of piperidine rings is 2. The van der Waals surface area contributed by atoms with E-state index in [1.54, 1.807) is 5.92 Å². The Bertz CT molecular complexity index is 1070. The topological polar surface area (TPSA) is 26.7 Å². The molecule has 1 aromatic rings. The molecule has 1 N–H and O–H groups in total. The molecule has 3 rings (SSSR count). The molecule has 0 bridgehead atoms. The van der Waals surface area contributed by atoms with Crippen molar-refractivity contribution in [3.63, 3.8) is 0 Å². The van der Waals surface area contributed by atoms with Crippen molar-refractivity contribution in [3.05, 3.63) is 34.2 Å². The highest BCUT2D eigenvalue weighted by Crippen LogP contribution is 2.55. The fourth-order valence-electron chi connectivity index (χ4n) is 8.83. The van der Waals surface area contributed by atoms with Crippen molar-refractivity contribution in [1.29, 1.82) is 0 Å². The van der Waals surface area contributed by atoms with Crippen LogP contribution in [0.3, 0.4) is 0 Å². The summed E-state index contributed by atoms with van der Waals surface area (Å²) < 4.78 is 0. The van der Waals surface area contributed by atoms with Crippen LogP contribution in [-0.2, 0) is 10.8 Å². The van der Waals surface area contributed by atoms with E-state index in [4.69, 9.17) is 0 Å². The molecule has 2 aliphatic heterocycles. The van der Waals surface area contributed by atoms with Gasteiger partial charge in [0.15, 0.2) is 0 Å². The summed E-state index contributed by atoms with van der Waals surface area (Å²) in [7, 11) is 4.63. The molecule has 2 aliphatic rings. The molecule has 0 saturated carbocycles. The first kappa shape index (κ1) is 35.4. The molecule has 0 unspecified atom stereocenters. The second-order valence-electron chi connectivity index (χ2n) is 18.8. The highest BCUT2D eigenvalue weighted by Gasteiger charge is 2.49. The molecule has 0 aromatic heterocycles. The molecule has 0 aliphatic carbocycles. The highest BCUT2D eigenvalue weighted by atomic mass is 16.3. The molecular weight excluding hydrogens is 512 g/mol. The minimum absolute atomic E-state index is 0.0677. The standard InChI is InChI=1S/C39H69N2O/c1-18-19-20-28(26-22-36(8,9)40(16)37(10,11)23-26)29-21-30(34(2,3)4)33(42)32(35(5,6)7)31(29)27-24-38(12,13)41(17)39(14,15)25-27/h21,26-27,42H,18-20,22-25H2,1-17H3. The maximum Gasteiger partial charge on any atom is 0.123 e. The van der Waals surface area contributed by atoms with Crippen molar-refractivity contribution >= 4 is 0 Å². The van der Waals surface area contributed by atoms with Gasteiger partial charge in [-0.2, -0.15) is 0 Å². The smallest absolute Gasteiger partial charge is 0.123 e. The van der Waals surface area contributed by atoms with Crippen LogP contribution in [-0.4, -0.2) is 51.2 Å². The molecule has 42 heavy (non-hydrogen) atoms. The molecule has 3 nitrogen and oxygen atoms in total. The van der Waals surface area contributed by atoms with Gasteiger partial charge in [-0.05, 0) is 141 Å². The van der Waals surface area contributed by atoms with Crippen LogP contribution in [0.2, 0.25) is 0 Å². The van der Waals surface area contributed by atoms with Gasteiger partial charge >= 0.3 is 0 Å². The molecule has 0 atom stereocenters. The summed E-state index contributed by atoms with van der Waals surface area (Å²) in [5, 5.41) is 12.3. The Labute approximate surface area is 262 Å². The van der Waals surface area contributed by atoms with Crippen LogP contribution in [0.1, 0.15) is 177 Å². The number of unbranched alkanes of at least 4 members (excludes halogenated alkanes) is 1. The van der Waals surface area contributed by atoms with E-state index < -0.39 is 0 Å². The molecule has 1 aromatic carbocycles. The van der Waals surface area contributed by atoms with Crippen molar-refractivity contribution in [2.75, 3.05) is 14.1 Å². The summed E-state index contributed by atoms with van der Waals surface area (Å²) in [6.45, 7) is 35.6. The Morgan fingerprint density at radius 2 is 1.19 bits per heavy atom. The first-order valence-electron chi connectivity index (χ1n) is 17.0. The SMILES string of the molecule is CCCC[C](c1cc(C(C)(C)C)c(O)c(C(C)(C)C)c1C1CC(C)(C)N(C)C(C)(C)C1)C1CC(C)(C)N(C)C(C)(C)C1. The van der Waals surface area contributed by atoms with Gasteiger partial charge < -0.3 is 5.11 Å². The number of aromatic hydroxyl groups is 1. The van der Waals surface area contributed by atoms with Crippen LogP contribution in [0.4, 0.5) is 0 Å². The number of benzene rings is 1. The maximum absolute atomic E-state index is 12.3. The zero-order valence-corrected chi connectivity index (χ0v) is 31.0. The Morgan fingerprint density at radius 3 is 1.57 bits per heavy atom. The summed E-state index contributed by atoms with van der Waals surface area (Å²) in [6.07, 6.45) is 8.09. The van der Waals surface area contributed by atoms with Gasteiger partial charge in [-0.3, -0.25) is 9.80 Å². The third-order valence-corrected chi connectivity index (χ3v) is 11.6. The normalized spacial score (nSPS) is 24.0. The predicted molar refractivity (Wildman–Crippen MR) is 184 cm³/mol. The molecule has 1 radical (unpaired) electrons. The lowest BCUT2D eigenvalue weighted by Crippen LogP contribution is -2.59. The van der Waals surface area contributed by atoms with Crippen LogP contribution in [0.15, 0.2) is 6.07 Å². The van der Waals surface area contributed by atoms with Gasteiger partial charge in [-0.1, -0.05) is 67.4 Å². The van der Waals surface area contributed by atoms with E-state index in [0.717, 1.165) is 24.8 Å². The Kier molecular flexibility index (Phi) is 9.60. The largest absolute Gasteiger partial charge is 0.507 e. The van der Waals surface area contributed by atoms with Gasteiger partial charge in [0.2, 0.25) is 0 Å². The van der Waals surface area contributed by atoms with E-state index >= 15 is 0 Å². The molecule has 3 heteroatoms. The molecule has 2 heterocycles. The lowest BCUT2D eigenvalue weighted by atomic mass is 9.61. The average molecular weight is 582 g/mol. The van der Waals surface area contributed by atoms with Crippen LogP contribution >= 0.6 is 0 Å². The molecule has 2 saturated heterocycles. The number of hydrogen-bond donors (Lipinski definition) is 1. The number of hydrogen-bond acceptors (Lipinski definition) is 3. The summed E-state index contributed by atoms with van der Waals surface area (Å²) >= 11 is 0. The number of nitrogens with zero attached hydrogens (tertiary/aromatic N) is 2. The number of rotatable bonds is 6. The third kappa shape index (κ3) is 6.78. The first-order chi connectivity index (χ1) is 18.8. The van der Waals surface area contributed by atoms with Gasteiger partial charge in [0.05, 0.1) is 0 Å². The van der Waals surface area contributed by atoms with Crippen molar-refractivity contribution in [2.45, 2.75) is 188 Å². The van der Waals surface area contributed by atoms with Gasteiger partial charge in [0, 0.05) is 33.6 Å². The van der Waals surface area contributed by atoms with E-state index in [0.29, 0.717) is 17.6 Å². The van der Waals surface area contributed by atoms with E-state index in [1.165, 1.54) is 42.4 Å². The van der Waals surface area contributed by atoms with Crippen LogP contribution in [0.25, 0.3) is 0 Å². The monoisotopic (exact) mass is 582 g/mol. The molecule has 2 fully saturated rings. The summed E-state index contributed by atoms with van der Waals surface area (Å²) in [5.41, 5.74) is 5.32. The lowest BCUT2D eigenvalue weighted by molar-refractivity contribution is -0.0266. The molecular formula is C39H69N2O. The predicted octanol–water partition coefficient (Wildman–Crippen LogP) is 10.4. The minimum Gasteiger partial charge on any atom is -0.507 e. The van der Waals surface area contributed by atoms with E-state index in [-0.39, 0.29) is 33.0 Å². The average Bonchev–Trinajstić information content (AvgIpc) is 2.79.